The van der Waals surface area contributed by atoms with Crippen LogP contribution in [0.25, 0.3) is 45.0 Å². The summed E-state index contributed by atoms with van der Waals surface area (Å²) in [7, 11) is 0. The highest BCUT2D eigenvalue weighted by Gasteiger charge is 2.26. The van der Waals surface area contributed by atoms with Gasteiger partial charge in [0.05, 0.1) is 0 Å². The van der Waals surface area contributed by atoms with Crippen LogP contribution in [-0.2, 0) is 0 Å². The molecule has 0 unspecified atom stereocenters. The van der Waals surface area contributed by atoms with E-state index in [2.05, 4.69) is 149 Å². The molecule has 0 amide bonds. The minimum Gasteiger partial charge on any atom is -0.310 e. The minimum atomic E-state index is 0.964. The van der Waals surface area contributed by atoms with Gasteiger partial charge in [0.2, 0.25) is 0 Å². The van der Waals surface area contributed by atoms with Gasteiger partial charge in [-0.05, 0) is 111 Å². The number of allylic oxidation sites excluding steroid dienone is 2. The quantitative estimate of drug-likeness (QED) is 0.206. The number of hydrogen-bond acceptors (Lipinski definition) is 2. The predicted molar refractivity (Wildman–Crippen MR) is 187 cm³/mol. The van der Waals surface area contributed by atoms with E-state index in [9.17, 15) is 0 Å². The van der Waals surface area contributed by atoms with Crippen LogP contribution in [0, 0.1) is 0 Å². The van der Waals surface area contributed by atoms with Crippen molar-refractivity contribution in [1.29, 1.82) is 0 Å². The van der Waals surface area contributed by atoms with Gasteiger partial charge in [-0.15, -0.1) is 0 Å². The van der Waals surface area contributed by atoms with E-state index in [4.69, 9.17) is 0 Å². The topological polar surface area (TPSA) is 16.1 Å². The van der Waals surface area contributed by atoms with E-state index < -0.39 is 0 Å². The largest absolute Gasteiger partial charge is 0.310 e. The lowest BCUT2D eigenvalue weighted by Gasteiger charge is -2.26. The van der Waals surface area contributed by atoms with Gasteiger partial charge >= 0.3 is 0 Å². The Balaban J connectivity index is 0.00000153. The van der Waals surface area contributed by atoms with Crippen LogP contribution in [0.3, 0.4) is 0 Å². The first-order chi connectivity index (χ1) is 21.8. The van der Waals surface area contributed by atoms with Gasteiger partial charge in [-0.2, -0.15) is 0 Å². The number of fused-ring (bicyclic) bond motifs is 3. The van der Waals surface area contributed by atoms with E-state index in [-0.39, 0.29) is 0 Å². The molecule has 0 atom stereocenters. The molecule has 0 saturated heterocycles. The number of rotatable bonds is 5. The molecule has 6 aromatic rings. The molecule has 212 valence electrons. The van der Waals surface area contributed by atoms with Crippen molar-refractivity contribution >= 4 is 28.7 Å². The molecule has 0 fully saturated rings. The maximum atomic E-state index is 4.29. The number of aromatic nitrogens is 1. The summed E-state index contributed by atoms with van der Waals surface area (Å²) in [5, 5.41) is 0. The second-order valence-electron chi connectivity index (χ2n) is 10.8. The fourth-order valence-corrected chi connectivity index (χ4v) is 6.33. The van der Waals surface area contributed by atoms with Gasteiger partial charge in [-0.25, -0.2) is 0 Å². The molecule has 8 rings (SSSR count). The number of pyridine rings is 1. The number of benzene rings is 5. The van der Waals surface area contributed by atoms with Gasteiger partial charge in [-0.1, -0.05) is 111 Å². The Bertz CT molecular complexity index is 1980. The molecule has 44 heavy (non-hydrogen) atoms. The molecular weight excluding hydrogens is 532 g/mol. The van der Waals surface area contributed by atoms with Crippen molar-refractivity contribution in [3.63, 3.8) is 0 Å². The van der Waals surface area contributed by atoms with Crippen LogP contribution in [0.2, 0.25) is 0 Å². The Morgan fingerprint density at radius 3 is 2.09 bits per heavy atom. The minimum absolute atomic E-state index is 0.964. The molecule has 0 spiro atoms. The van der Waals surface area contributed by atoms with E-state index in [0.29, 0.717) is 0 Å². The Morgan fingerprint density at radius 1 is 0.545 bits per heavy atom. The number of anilines is 3. The average molecular weight is 567 g/mol. The Hall–Kier alpha value is -5.47. The molecule has 2 aliphatic carbocycles. The zero-order valence-corrected chi connectivity index (χ0v) is 25.1. The molecule has 2 heteroatoms. The van der Waals surface area contributed by atoms with Crippen molar-refractivity contribution in [1.82, 2.24) is 4.98 Å². The van der Waals surface area contributed by atoms with Gasteiger partial charge in [0, 0.05) is 29.5 Å². The highest BCUT2D eigenvalue weighted by molar-refractivity contribution is 6.05. The molecule has 2 nitrogen and oxygen atoms in total. The van der Waals surface area contributed by atoms with Crippen LogP contribution in [0.1, 0.15) is 37.0 Å². The summed E-state index contributed by atoms with van der Waals surface area (Å²) in [5.74, 6) is 0. The SMILES string of the molecule is C1=Cc2cccc3c2C(=CC1)c1ccc(-c2cccc(N(c4ccccc4)c4ccc(-c5cccnc5)cc4)c2)cc1-3.CC. The smallest absolute Gasteiger partial charge is 0.0467 e. The zero-order valence-electron chi connectivity index (χ0n) is 25.1. The van der Waals surface area contributed by atoms with E-state index >= 15 is 0 Å². The van der Waals surface area contributed by atoms with Crippen molar-refractivity contribution in [3.8, 4) is 33.4 Å². The highest BCUT2D eigenvalue weighted by Crippen LogP contribution is 2.48. The highest BCUT2D eigenvalue weighted by atomic mass is 15.1. The van der Waals surface area contributed by atoms with Crippen LogP contribution in [-0.4, -0.2) is 4.98 Å². The van der Waals surface area contributed by atoms with Gasteiger partial charge in [0.15, 0.2) is 0 Å². The standard InChI is InChI=1S/C40H28N2.C2H6/c1-2-13-33(14-3-1)42(34-21-18-28(19-22-34)32-12-8-24-41-27-32)35-15-6-11-30(25-35)31-20-23-36-37-16-5-4-9-29-10-7-17-38(40(29)37)39(36)26-31;1-2/h1-4,6-27H,5H2;1-2H3. The van der Waals surface area contributed by atoms with E-state index in [0.717, 1.165) is 34.6 Å². The summed E-state index contributed by atoms with van der Waals surface area (Å²) in [5.41, 5.74) is 16.1. The van der Waals surface area contributed by atoms with Crippen LogP contribution < -0.4 is 4.90 Å². The van der Waals surface area contributed by atoms with Crippen molar-refractivity contribution < 1.29 is 0 Å². The van der Waals surface area contributed by atoms with Crippen molar-refractivity contribution in [2.45, 2.75) is 20.3 Å². The molecule has 0 saturated carbocycles. The molecule has 0 aliphatic heterocycles. The van der Waals surface area contributed by atoms with Crippen molar-refractivity contribution in [2.24, 2.45) is 0 Å². The monoisotopic (exact) mass is 566 g/mol. The van der Waals surface area contributed by atoms with Crippen LogP contribution >= 0.6 is 0 Å². The lowest BCUT2D eigenvalue weighted by Crippen LogP contribution is -2.09. The summed E-state index contributed by atoms with van der Waals surface area (Å²) in [4.78, 5) is 6.61. The van der Waals surface area contributed by atoms with Gasteiger partial charge in [-0.3, -0.25) is 4.98 Å². The summed E-state index contributed by atoms with van der Waals surface area (Å²) in [6.07, 6.45) is 11.6. The Labute approximate surface area is 260 Å². The van der Waals surface area contributed by atoms with E-state index in [1.807, 2.05) is 32.3 Å². The Morgan fingerprint density at radius 2 is 1.27 bits per heavy atom. The molecule has 2 aliphatic rings. The maximum Gasteiger partial charge on any atom is 0.0467 e. The maximum absolute atomic E-state index is 4.29. The lowest BCUT2D eigenvalue weighted by atomic mass is 9.97. The molecule has 0 N–H and O–H groups in total. The number of para-hydroxylation sites is 1. The van der Waals surface area contributed by atoms with Gasteiger partial charge in [0.1, 0.15) is 0 Å². The lowest BCUT2D eigenvalue weighted by molar-refractivity contribution is 1.28. The first-order valence-corrected chi connectivity index (χ1v) is 15.4. The fourth-order valence-electron chi connectivity index (χ4n) is 6.33. The first-order valence-electron chi connectivity index (χ1n) is 15.4. The number of hydrogen-bond donors (Lipinski definition) is 0. The summed E-state index contributed by atoms with van der Waals surface area (Å²) in [6, 6.07) is 45.9. The van der Waals surface area contributed by atoms with Crippen LogP contribution in [0.4, 0.5) is 17.1 Å². The molecular formula is C42H34N2. The molecule has 0 bridgehead atoms. The third-order valence-electron chi connectivity index (χ3n) is 8.29. The molecule has 1 heterocycles. The molecule has 1 aromatic heterocycles. The average Bonchev–Trinajstić information content (AvgIpc) is 3.25. The third-order valence-corrected chi connectivity index (χ3v) is 8.29. The summed E-state index contributed by atoms with van der Waals surface area (Å²) in [6.45, 7) is 4.00. The first kappa shape index (κ1) is 27.4. The van der Waals surface area contributed by atoms with Gasteiger partial charge < -0.3 is 4.90 Å². The summed E-state index contributed by atoms with van der Waals surface area (Å²) < 4.78 is 0. The van der Waals surface area contributed by atoms with Crippen molar-refractivity contribution in [3.05, 3.63) is 169 Å². The van der Waals surface area contributed by atoms with E-state index in [1.54, 1.807) is 0 Å². The molecule has 5 aromatic carbocycles. The molecule has 0 radical (unpaired) electrons. The third kappa shape index (κ3) is 4.95. The van der Waals surface area contributed by atoms with Crippen LogP contribution in [0.15, 0.2) is 152 Å². The second kappa shape index (κ2) is 12.0. The van der Waals surface area contributed by atoms with Gasteiger partial charge in [0.25, 0.3) is 0 Å². The predicted octanol–water partition coefficient (Wildman–Crippen LogP) is 11.7. The second-order valence-corrected chi connectivity index (χ2v) is 10.8. The fraction of sp³-hybridized carbons (Fsp3) is 0.0714. The normalized spacial score (nSPS) is 12.3. The summed E-state index contributed by atoms with van der Waals surface area (Å²) >= 11 is 0. The van der Waals surface area contributed by atoms with Crippen molar-refractivity contribution in [2.75, 3.05) is 4.90 Å². The van der Waals surface area contributed by atoms with Crippen LogP contribution in [0.5, 0.6) is 0 Å². The zero-order chi connectivity index (χ0) is 29.9. The van der Waals surface area contributed by atoms with E-state index in [1.165, 1.54) is 44.5 Å². The number of nitrogens with zero attached hydrogens (tertiary/aromatic N) is 2. The Kier molecular flexibility index (Phi) is 7.48.